The van der Waals surface area contributed by atoms with Gasteiger partial charge in [-0.15, -0.1) is 0 Å². The third kappa shape index (κ3) is 5.72. The second-order valence-electron chi connectivity index (χ2n) is 9.38. The fourth-order valence-corrected chi connectivity index (χ4v) is 4.98. The molecule has 2 saturated heterocycles. The largest absolute Gasteiger partial charge is 0.419 e. The van der Waals surface area contributed by atoms with Gasteiger partial charge in [-0.25, -0.2) is 9.37 Å². The average molecular weight is 519 g/mol. The molecule has 0 aliphatic carbocycles. The zero-order valence-corrected chi connectivity index (χ0v) is 20.5. The first kappa shape index (κ1) is 26.5. The number of aromatic nitrogens is 2. The van der Waals surface area contributed by atoms with Crippen molar-refractivity contribution in [3.8, 4) is 17.3 Å². The van der Waals surface area contributed by atoms with Crippen molar-refractivity contribution in [1.82, 2.24) is 25.1 Å². The monoisotopic (exact) mass is 518 g/mol. The minimum atomic E-state index is -4.80. The molecule has 2 fully saturated rings. The smallest absolute Gasteiger partial charge is 0.384 e. The highest BCUT2D eigenvalue weighted by molar-refractivity contribution is 6.00. The molecule has 0 bridgehead atoms. The Kier molecular flexibility index (Phi) is 7.73. The Morgan fingerprint density at radius 3 is 2.62 bits per heavy atom. The van der Waals surface area contributed by atoms with Crippen LogP contribution in [-0.4, -0.2) is 53.0 Å². The Labute approximate surface area is 212 Å². The predicted molar refractivity (Wildman–Crippen MR) is 131 cm³/mol. The van der Waals surface area contributed by atoms with Crippen molar-refractivity contribution in [1.29, 1.82) is 10.7 Å². The minimum absolute atomic E-state index is 0.0119. The molecular weight excluding hydrogens is 488 g/mol. The first-order valence-electron chi connectivity index (χ1n) is 12.2. The van der Waals surface area contributed by atoms with E-state index < -0.39 is 17.6 Å². The molecule has 3 heterocycles. The van der Waals surface area contributed by atoms with Gasteiger partial charge in [-0.1, -0.05) is 0 Å². The van der Waals surface area contributed by atoms with Gasteiger partial charge in [0.15, 0.2) is 0 Å². The number of nitriles is 1. The maximum Gasteiger partial charge on any atom is 0.419 e. The highest BCUT2D eigenvalue weighted by Gasteiger charge is 2.35. The number of hydrogen-bond acceptors (Lipinski definition) is 6. The minimum Gasteiger partial charge on any atom is -0.384 e. The van der Waals surface area contributed by atoms with Gasteiger partial charge in [0.1, 0.15) is 34.9 Å². The van der Waals surface area contributed by atoms with Crippen molar-refractivity contribution in [2.45, 2.75) is 50.4 Å². The summed E-state index contributed by atoms with van der Waals surface area (Å²) in [6, 6.07) is 5.18. The summed E-state index contributed by atoms with van der Waals surface area (Å²) in [5.74, 6) is -0.351. The van der Waals surface area contributed by atoms with E-state index in [2.05, 4.69) is 10.6 Å². The molecule has 2 aromatic rings. The summed E-state index contributed by atoms with van der Waals surface area (Å²) in [5, 5.41) is 24.0. The van der Waals surface area contributed by atoms with Gasteiger partial charge in [-0.05, 0) is 50.4 Å². The fraction of sp³-hybridized carbons (Fsp3) is 0.480. The van der Waals surface area contributed by atoms with Gasteiger partial charge >= 0.3 is 6.18 Å². The number of imidazole rings is 1. The number of piperidine rings is 1. The number of amidine groups is 1. The fourth-order valence-electron chi connectivity index (χ4n) is 4.98. The van der Waals surface area contributed by atoms with E-state index in [1.165, 1.54) is 6.07 Å². The molecule has 198 valence electrons. The lowest BCUT2D eigenvalue weighted by molar-refractivity contribution is -0.139. The Bertz CT molecular complexity index is 1210. The Morgan fingerprint density at radius 2 is 2.03 bits per heavy atom. The number of alkyl halides is 3. The van der Waals surface area contributed by atoms with Gasteiger partial charge in [0.2, 0.25) is 0 Å². The van der Waals surface area contributed by atoms with E-state index in [0.717, 1.165) is 37.3 Å². The number of nitrogens with zero attached hydrogens (tertiary/aromatic N) is 4. The summed E-state index contributed by atoms with van der Waals surface area (Å²) in [4.78, 5) is 6.54. The first-order valence-corrected chi connectivity index (χ1v) is 12.2. The van der Waals surface area contributed by atoms with Crippen molar-refractivity contribution in [3.05, 3.63) is 53.0 Å². The first-order chi connectivity index (χ1) is 17.6. The molecule has 5 N–H and O–H groups in total. The van der Waals surface area contributed by atoms with E-state index in [-0.39, 0.29) is 34.8 Å². The number of benzene rings is 1. The molecule has 2 aliphatic heterocycles. The van der Waals surface area contributed by atoms with Gasteiger partial charge in [0, 0.05) is 50.4 Å². The molecule has 8 nitrogen and oxygen atoms in total. The molecule has 0 saturated carbocycles. The standard InChI is InChI=1S/C25H30F4N8/c1-33-22(31)18(12-30)23(32)36-9-6-15(7-10-36)24-35-21(14-37(24)13-17-3-2-8-34-17)16-4-5-20(26)19(11-16)25(27,28)29/h4-5,11,14-15,17,32-34H,2-3,6-10,13,31H2,1H3/b22-18-,32-23?. The summed E-state index contributed by atoms with van der Waals surface area (Å²) < 4.78 is 55.8. The molecule has 4 rings (SSSR count). The topological polar surface area (TPSA) is 119 Å². The van der Waals surface area contributed by atoms with E-state index in [9.17, 15) is 22.8 Å². The molecule has 2 aliphatic rings. The summed E-state index contributed by atoms with van der Waals surface area (Å²) in [5.41, 5.74) is 5.16. The van der Waals surface area contributed by atoms with Gasteiger partial charge in [0.05, 0.1) is 11.3 Å². The Hall–Kier alpha value is -3.59. The zero-order chi connectivity index (χ0) is 26.7. The van der Waals surface area contributed by atoms with Crippen LogP contribution in [0.3, 0.4) is 0 Å². The van der Waals surface area contributed by atoms with E-state index in [1.807, 2.05) is 10.6 Å². The molecule has 0 radical (unpaired) electrons. The summed E-state index contributed by atoms with van der Waals surface area (Å²) in [7, 11) is 1.58. The van der Waals surface area contributed by atoms with E-state index in [0.29, 0.717) is 38.2 Å². The number of rotatable bonds is 6. The van der Waals surface area contributed by atoms with Gasteiger partial charge in [-0.3, -0.25) is 5.41 Å². The van der Waals surface area contributed by atoms with Crippen LogP contribution in [0, 0.1) is 22.6 Å². The van der Waals surface area contributed by atoms with Crippen LogP contribution in [0.5, 0.6) is 0 Å². The molecular formula is C25H30F4N8. The maximum atomic E-state index is 13.9. The molecule has 1 aromatic carbocycles. The van der Waals surface area contributed by atoms with Crippen LogP contribution in [-0.2, 0) is 12.7 Å². The van der Waals surface area contributed by atoms with Crippen molar-refractivity contribution in [2.24, 2.45) is 5.73 Å². The van der Waals surface area contributed by atoms with Gasteiger partial charge < -0.3 is 25.8 Å². The zero-order valence-electron chi connectivity index (χ0n) is 20.5. The van der Waals surface area contributed by atoms with Crippen molar-refractivity contribution < 1.29 is 17.6 Å². The van der Waals surface area contributed by atoms with Crippen molar-refractivity contribution in [3.63, 3.8) is 0 Å². The van der Waals surface area contributed by atoms with Crippen LogP contribution in [0.4, 0.5) is 17.6 Å². The van der Waals surface area contributed by atoms with E-state index >= 15 is 0 Å². The molecule has 0 spiro atoms. The summed E-state index contributed by atoms with van der Waals surface area (Å²) >= 11 is 0. The molecule has 1 unspecified atom stereocenters. The second-order valence-corrected chi connectivity index (χ2v) is 9.38. The second kappa shape index (κ2) is 10.8. The molecule has 1 atom stereocenters. The third-order valence-corrected chi connectivity index (χ3v) is 7.02. The van der Waals surface area contributed by atoms with Gasteiger partial charge in [0.25, 0.3) is 0 Å². The quantitative estimate of drug-likeness (QED) is 0.201. The van der Waals surface area contributed by atoms with Crippen molar-refractivity contribution in [2.75, 3.05) is 26.7 Å². The number of halogens is 4. The number of likely N-dealkylation sites (tertiary alicyclic amines) is 1. The molecule has 1 aromatic heterocycles. The molecule has 37 heavy (non-hydrogen) atoms. The van der Waals surface area contributed by atoms with Crippen LogP contribution in [0.15, 0.2) is 35.8 Å². The van der Waals surface area contributed by atoms with Crippen molar-refractivity contribution >= 4 is 5.84 Å². The molecule has 12 heteroatoms. The van der Waals surface area contributed by atoms with Crippen LogP contribution in [0.2, 0.25) is 0 Å². The summed E-state index contributed by atoms with van der Waals surface area (Å²) in [6.07, 6.45) is 0.289. The highest BCUT2D eigenvalue weighted by Crippen LogP contribution is 2.36. The Morgan fingerprint density at radius 1 is 1.30 bits per heavy atom. The lowest BCUT2D eigenvalue weighted by Crippen LogP contribution is -2.40. The van der Waals surface area contributed by atoms with Crippen LogP contribution in [0.1, 0.15) is 43.0 Å². The highest BCUT2D eigenvalue weighted by atomic mass is 19.4. The van der Waals surface area contributed by atoms with Crippen LogP contribution < -0.4 is 16.4 Å². The molecule has 0 amide bonds. The van der Waals surface area contributed by atoms with Crippen LogP contribution in [0.25, 0.3) is 11.3 Å². The Balaban J connectivity index is 1.60. The normalized spacial score (nSPS) is 19.5. The maximum absolute atomic E-state index is 13.9. The average Bonchev–Trinajstić information content (AvgIpc) is 3.54. The summed E-state index contributed by atoms with van der Waals surface area (Å²) in [6.45, 7) is 2.56. The number of hydrogen-bond donors (Lipinski definition) is 4. The lowest BCUT2D eigenvalue weighted by atomic mass is 9.95. The lowest BCUT2D eigenvalue weighted by Gasteiger charge is -2.33. The number of nitrogens with one attached hydrogen (secondary N) is 3. The van der Waals surface area contributed by atoms with Crippen LogP contribution >= 0.6 is 0 Å². The van der Waals surface area contributed by atoms with E-state index in [4.69, 9.17) is 16.1 Å². The van der Waals surface area contributed by atoms with Gasteiger partial charge in [-0.2, -0.15) is 18.4 Å². The third-order valence-electron chi connectivity index (χ3n) is 7.02. The SMILES string of the molecule is CN/C(N)=C(/C#N)C(=N)N1CCC(c2nc(-c3ccc(F)c(C(F)(F)F)c3)cn2CC2CCCN2)CC1. The van der Waals surface area contributed by atoms with E-state index in [1.54, 1.807) is 18.1 Å². The number of nitrogens with two attached hydrogens (primary N) is 1. The predicted octanol–water partition coefficient (Wildman–Crippen LogP) is 3.53.